The summed E-state index contributed by atoms with van der Waals surface area (Å²) < 4.78 is 4.85. The molecule has 6 nitrogen and oxygen atoms in total. The van der Waals surface area contributed by atoms with Crippen LogP contribution in [0.15, 0.2) is 0 Å². The summed E-state index contributed by atoms with van der Waals surface area (Å²) in [5.41, 5.74) is 0. The van der Waals surface area contributed by atoms with Crippen molar-refractivity contribution in [3.63, 3.8) is 0 Å². The third-order valence-electron chi connectivity index (χ3n) is 2.62. The summed E-state index contributed by atoms with van der Waals surface area (Å²) in [5, 5.41) is 2.24. The van der Waals surface area contributed by atoms with Gasteiger partial charge in [-0.05, 0) is 20.8 Å². The first kappa shape index (κ1) is 13.6. The number of hydrogen-bond acceptors (Lipinski definition) is 5. The molecule has 0 saturated carbocycles. The monoisotopic (exact) mass is 242 g/mol. The fourth-order valence-corrected chi connectivity index (χ4v) is 1.82. The van der Waals surface area contributed by atoms with Crippen LogP contribution in [0.2, 0.25) is 0 Å². The highest BCUT2D eigenvalue weighted by Gasteiger charge is 2.37. The molecule has 96 valence electrons. The first-order chi connectivity index (χ1) is 7.95. The average Bonchev–Trinajstić information content (AvgIpc) is 2.54. The van der Waals surface area contributed by atoms with E-state index in [0.29, 0.717) is 6.61 Å². The van der Waals surface area contributed by atoms with E-state index in [9.17, 15) is 14.4 Å². The van der Waals surface area contributed by atoms with E-state index in [1.807, 2.05) is 13.8 Å². The van der Waals surface area contributed by atoms with Crippen LogP contribution in [0, 0.1) is 0 Å². The minimum absolute atomic E-state index is 0.0129. The van der Waals surface area contributed by atoms with Crippen LogP contribution in [-0.2, 0) is 19.1 Å². The summed E-state index contributed by atoms with van der Waals surface area (Å²) in [5.74, 6) is -1.02. The van der Waals surface area contributed by atoms with Gasteiger partial charge in [-0.3, -0.25) is 24.6 Å². The summed E-state index contributed by atoms with van der Waals surface area (Å²) in [7, 11) is 0. The molecule has 1 aliphatic heterocycles. The fourth-order valence-electron chi connectivity index (χ4n) is 1.82. The Morgan fingerprint density at radius 2 is 2.18 bits per heavy atom. The van der Waals surface area contributed by atoms with E-state index < -0.39 is 6.04 Å². The van der Waals surface area contributed by atoms with Gasteiger partial charge in [0.2, 0.25) is 11.8 Å². The molecule has 0 aromatic carbocycles. The van der Waals surface area contributed by atoms with Crippen molar-refractivity contribution in [2.24, 2.45) is 0 Å². The van der Waals surface area contributed by atoms with Gasteiger partial charge in [0.25, 0.3) is 0 Å². The van der Waals surface area contributed by atoms with Gasteiger partial charge in [0.1, 0.15) is 0 Å². The molecule has 1 aliphatic rings. The second-order valence-corrected chi connectivity index (χ2v) is 4.20. The maximum Gasteiger partial charge on any atom is 0.320 e. The second-order valence-electron chi connectivity index (χ2n) is 4.20. The number of nitrogens with one attached hydrogen (secondary N) is 1. The molecular formula is C11H18N2O4. The number of esters is 1. The van der Waals surface area contributed by atoms with Crippen LogP contribution in [0.1, 0.15) is 27.2 Å². The van der Waals surface area contributed by atoms with Gasteiger partial charge in [0, 0.05) is 6.04 Å². The highest BCUT2D eigenvalue weighted by molar-refractivity contribution is 6.05. The van der Waals surface area contributed by atoms with Crippen LogP contribution in [0.3, 0.4) is 0 Å². The van der Waals surface area contributed by atoms with Gasteiger partial charge < -0.3 is 4.74 Å². The number of amides is 2. The zero-order valence-corrected chi connectivity index (χ0v) is 10.4. The topological polar surface area (TPSA) is 75.7 Å². The lowest BCUT2D eigenvalue weighted by molar-refractivity contribution is -0.146. The van der Waals surface area contributed by atoms with Crippen LogP contribution >= 0.6 is 0 Å². The summed E-state index contributed by atoms with van der Waals surface area (Å²) >= 11 is 0. The molecule has 0 aromatic heterocycles. The summed E-state index contributed by atoms with van der Waals surface area (Å²) in [6, 6.07) is -0.576. The zero-order chi connectivity index (χ0) is 13.0. The number of imide groups is 1. The fraction of sp³-hybridized carbons (Fsp3) is 0.727. The summed E-state index contributed by atoms with van der Waals surface area (Å²) in [4.78, 5) is 35.8. The smallest absolute Gasteiger partial charge is 0.320 e. The molecule has 1 heterocycles. The number of carbonyl (C=O) groups is 3. The number of carbonyl (C=O) groups excluding carboxylic acids is 3. The van der Waals surface area contributed by atoms with Crippen molar-refractivity contribution in [2.75, 3.05) is 13.2 Å². The Hall–Kier alpha value is -1.43. The van der Waals surface area contributed by atoms with Crippen LogP contribution in [0.25, 0.3) is 0 Å². The van der Waals surface area contributed by atoms with E-state index in [1.54, 1.807) is 11.8 Å². The number of nitrogens with zero attached hydrogens (tertiary/aromatic N) is 1. The van der Waals surface area contributed by atoms with Gasteiger partial charge in [0.15, 0.2) is 0 Å². The molecule has 0 aromatic rings. The van der Waals surface area contributed by atoms with Gasteiger partial charge >= 0.3 is 5.97 Å². The Balaban J connectivity index is 2.69. The quantitative estimate of drug-likeness (QED) is 0.528. The van der Waals surface area contributed by atoms with E-state index in [1.165, 1.54) is 0 Å². The number of ether oxygens (including phenoxy) is 1. The number of rotatable bonds is 5. The third-order valence-corrected chi connectivity index (χ3v) is 2.62. The Morgan fingerprint density at radius 1 is 1.53 bits per heavy atom. The maximum absolute atomic E-state index is 11.5. The molecule has 0 radical (unpaired) electrons. The van der Waals surface area contributed by atoms with Crippen molar-refractivity contribution in [3.05, 3.63) is 0 Å². The summed E-state index contributed by atoms with van der Waals surface area (Å²) in [6.07, 6.45) is 0.108. The lowest BCUT2D eigenvalue weighted by atomic mass is 10.1. The predicted molar refractivity (Wildman–Crippen MR) is 60.0 cm³/mol. The van der Waals surface area contributed by atoms with Crippen LogP contribution < -0.4 is 5.32 Å². The number of hydrogen-bond donors (Lipinski definition) is 1. The van der Waals surface area contributed by atoms with Gasteiger partial charge in [-0.2, -0.15) is 0 Å². The highest BCUT2D eigenvalue weighted by Crippen LogP contribution is 2.14. The maximum atomic E-state index is 11.5. The first-order valence-corrected chi connectivity index (χ1v) is 5.70. The molecule has 1 rings (SSSR count). The molecular weight excluding hydrogens is 224 g/mol. The molecule has 17 heavy (non-hydrogen) atoms. The van der Waals surface area contributed by atoms with E-state index >= 15 is 0 Å². The molecule has 1 saturated heterocycles. The van der Waals surface area contributed by atoms with Crippen LogP contribution in [0.5, 0.6) is 0 Å². The van der Waals surface area contributed by atoms with Gasteiger partial charge in [-0.1, -0.05) is 0 Å². The molecule has 1 atom stereocenters. The molecule has 0 spiro atoms. The zero-order valence-electron chi connectivity index (χ0n) is 10.4. The van der Waals surface area contributed by atoms with Gasteiger partial charge in [0.05, 0.1) is 25.6 Å². The van der Waals surface area contributed by atoms with Crippen LogP contribution in [-0.4, -0.2) is 47.9 Å². The lowest BCUT2D eigenvalue weighted by Gasteiger charge is -2.29. The third kappa shape index (κ3) is 3.52. The van der Waals surface area contributed by atoms with E-state index in [-0.39, 0.29) is 36.8 Å². The van der Waals surface area contributed by atoms with Gasteiger partial charge in [-0.15, -0.1) is 0 Å². The standard InChI is InChI=1S/C11H18N2O4/c1-4-17-10(15)6-13(7(2)3)8-5-9(14)12-11(8)16/h7-8H,4-6H2,1-3H3,(H,12,14,16). The van der Waals surface area contributed by atoms with Crippen molar-refractivity contribution in [3.8, 4) is 0 Å². The van der Waals surface area contributed by atoms with E-state index in [4.69, 9.17) is 4.74 Å². The predicted octanol–water partition coefficient (Wildman–Crippen LogP) is -0.325. The van der Waals surface area contributed by atoms with E-state index in [0.717, 1.165) is 0 Å². The molecule has 1 N–H and O–H groups in total. The average molecular weight is 242 g/mol. The first-order valence-electron chi connectivity index (χ1n) is 5.70. The van der Waals surface area contributed by atoms with Gasteiger partial charge in [-0.25, -0.2) is 0 Å². The highest BCUT2D eigenvalue weighted by atomic mass is 16.5. The minimum Gasteiger partial charge on any atom is -0.465 e. The lowest BCUT2D eigenvalue weighted by Crippen LogP contribution is -2.47. The van der Waals surface area contributed by atoms with Crippen molar-refractivity contribution < 1.29 is 19.1 Å². The SMILES string of the molecule is CCOC(=O)CN(C(C)C)C1CC(=O)NC1=O. The van der Waals surface area contributed by atoms with E-state index in [2.05, 4.69) is 5.32 Å². The second kappa shape index (κ2) is 5.77. The van der Waals surface area contributed by atoms with Crippen molar-refractivity contribution in [1.82, 2.24) is 10.2 Å². The molecule has 0 bridgehead atoms. The molecule has 6 heteroatoms. The van der Waals surface area contributed by atoms with Crippen LogP contribution in [0.4, 0.5) is 0 Å². The normalized spacial score (nSPS) is 19.9. The Labute approximate surface area is 100 Å². The largest absolute Gasteiger partial charge is 0.465 e. The Kier molecular flexibility index (Phi) is 4.62. The summed E-state index contributed by atoms with van der Waals surface area (Å²) in [6.45, 7) is 5.80. The minimum atomic E-state index is -0.563. The van der Waals surface area contributed by atoms with Crippen molar-refractivity contribution >= 4 is 17.8 Å². The molecule has 2 amide bonds. The molecule has 1 fully saturated rings. The Morgan fingerprint density at radius 3 is 2.59 bits per heavy atom. The van der Waals surface area contributed by atoms with Crippen molar-refractivity contribution in [2.45, 2.75) is 39.3 Å². The van der Waals surface area contributed by atoms with Crippen molar-refractivity contribution in [1.29, 1.82) is 0 Å². The Bertz CT molecular complexity index is 327. The molecule has 1 unspecified atom stereocenters. The molecule has 0 aliphatic carbocycles.